The van der Waals surface area contributed by atoms with Crippen LogP contribution in [0.5, 0.6) is 0 Å². The number of nitrogens with one attached hydrogen (secondary N) is 1. The van der Waals surface area contributed by atoms with Gasteiger partial charge < -0.3 is 0 Å². The van der Waals surface area contributed by atoms with Gasteiger partial charge in [0.25, 0.3) is 5.91 Å². The number of tetrazole rings is 1. The first kappa shape index (κ1) is 23.2. The fraction of sp³-hybridized carbons (Fsp3) is 0.179. The molecule has 0 saturated carbocycles. The lowest BCUT2D eigenvalue weighted by Crippen LogP contribution is -2.30. The Labute approximate surface area is 208 Å². The second kappa shape index (κ2) is 9.95. The van der Waals surface area contributed by atoms with E-state index in [2.05, 4.69) is 34.5 Å². The van der Waals surface area contributed by atoms with Crippen LogP contribution in [0.2, 0.25) is 0 Å². The summed E-state index contributed by atoms with van der Waals surface area (Å²) >= 11 is 0. The summed E-state index contributed by atoms with van der Waals surface area (Å²) in [6.07, 6.45) is 2.38. The van der Waals surface area contributed by atoms with Crippen LogP contribution in [-0.2, 0) is 13.0 Å². The second-order valence-corrected chi connectivity index (χ2v) is 9.11. The van der Waals surface area contributed by atoms with Crippen LogP contribution < -0.4 is 5.69 Å². The van der Waals surface area contributed by atoms with Crippen LogP contribution in [0, 0.1) is 5.92 Å². The molecular formula is C28H26N6O2. The molecular weight excluding hydrogens is 452 g/mol. The second-order valence-electron chi connectivity index (χ2n) is 9.11. The molecule has 180 valence electrons. The van der Waals surface area contributed by atoms with E-state index in [0.717, 1.165) is 27.9 Å². The number of aromatic amines is 1. The van der Waals surface area contributed by atoms with E-state index in [1.54, 1.807) is 35.0 Å². The Morgan fingerprint density at radius 3 is 2.28 bits per heavy atom. The maximum absolute atomic E-state index is 13.3. The molecule has 0 saturated heterocycles. The topological polar surface area (TPSA) is 98.5 Å². The largest absolute Gasteiger partial charge is 0.335 e. The molecule has 0 spiro atoms. The number of H-pyrrole nitrogens is 1. The van der Waals surface area contributed by atoms with E-state index in [-0.39, 0.29) is 11.6 Å². The first-order valence-corrected chi connectivity index (χ1v) is 11.8. The zero-order chi connectivity index (χ0) is 25.1. The molecule has 36 heavy (non-hydrogen) atoms. The van der Waals surface area contributed by atoms with Crippen LogP contribution in [0.25, 0.3) is 22.5 Å². The van der Waals surface area contributed by atoms with Crippen LogP contribution in [0.3, 0.4) is 0 Å². The SMILES string of the molecule is CC(C)Cc1cn(C(=O)c2ccccc2)c(=O)n1Cc1ccc(-c2ccccc2-c2nn[nH]n2)cc1. The summed E-state index contributed by atoms with van der Waals surface area (Å²) in [6.45, 7) is 4.57. The van der Waals surface area contributed by atoms with E-state index in [1.165, 1.54) is 4.57 Å². The molecule has 0 atom stereocenters. The van der Waals surface area contributed by atoms with Crippen molar-refractivity contribution in [2.75, 3.05) is 0 Å². The van der Waals surface area contributed by atoms with Crippen molar-refractivity contribution < 1.29 is 4.79 Å². The zero-order valence-electron chi connectivity index (χ0n) is 20.1. The maximum Gasteiger partial charge on any atom is 0.335 e. The highest BCUT2D eigenvalue weighted by Crippen LogP contribution is 2.29. The van der Waals surface area contributed by atoms with E-state index in [9.17, 15) is 9.59 Å². The number of benzene rings is 3. The van der Waals surface area contributed by atoms with Crippen LogP contribution in [0.4, 0.5) is 0 Å². The van der Waals surface area contributed by atoms with Crippen LogP contribution in [0.1, 0.15) is 35.5 Å². The van der Waals surface area contributed by atoms with Crippen molar-refractivity contribution in [3.05, 3.63) is 112 Å². The Morgan fingerprint density at radius 2 is 1.61 bits per heavy atom. The first-order chi connectivity index (χ1) is 17.5. The van der Waals surface area contributed by atoms with Crippen molar-refractivity contribution in [3.63, 3.8) is 0 Å². The molecule has 3 aromatic carbocycles. The van der Waals surface area contributed by atoms with Crippen molar-refractivity contribution >= 4 is 5.91 Å². The van der Waals surface area contributed by atoms with Gasteiger partial charge in [-0.2, -0.15) is 5.21 Å². The predicted molar refractivity (Wildman–Crippen MR) is 138 cm³/mol. The maximum atomic E-state index is 13.3. The fourth-order valence-electron chi connectivity index (χ4n) is 4.32. The molecule has 1 N–H and O–H groups in total. The van der Waals surface area contributed by atoms with Gasteiger partial charge in [-0.15, -0.1) is 10.2 Å². The third-order valence-electron chi connectivity index (χ3n) is 6.04. The minimum Gasteiger partial charge on any atom is -0.292 e. The Kier molecular flexibility index (Phi) is 6.40. The summed E-state index contributed by atoms with van der Waals surface area (Å²) in [7, 11) is 0. The highest BCUT2D eigenvalue weighted by atomic mass is 16.2. The van der Waals surface area contributed by atoms with Gasteiger partial charge in [0.2, 0.25) is 5.82 Å². The number of hydrogen-bond acceptors (Lipinski definition) is 5. The van der Waals surface area contributed by atoms with Gasteiger partial charge in [-0.1, -0.05) is 80.6 Å². The molecule has 5 aromatic rings. The minimum atomic E-state index is -0.328. The number of nitrogens with zero attached hydrogens (tertiary/aromatic N) is 5. The standard InChI is InChI=1S/C28H26N6O2/c1-19(2)16-23-18-34(27(35)22-8-4-3-5-9-22)28(36)33(23)17-20-12-14-21(15-13-20)24-10-6-7-11-25(24)26-29-31-32-30-26/h3-15,18-19H,16-17H2,1-2H3,(H,29,30,31,32). The van der Waals surface area contributed by atoms with Gasteiger partial charge >= 0.3 is 5.69 Å². The molecule has 0 amide bonds. The Bertz CT molecular complexity index is 1530. The van der Waals surface area contributed by atoms with Crippen LogP contribution in [0.15, 0.2) is 89.9 Å². The van der Waals surface area contributed by atoms with Crippen molar-refractivity contribution in [2.45, 2.75) is 26.8 Å². The summed E-state index contributed by atoms with van der Waals surface area (Å²) in [5.41, 5.74) is 4.83. The van der Waals surface area contributed by atoms with Crippen molar-refractivity contribution in [1.82, 2.24) is 29.8 Å². The van der Waals surface area contributed by atoms with Gasteiger partial charge in [0.15, 0.2) is 0 Å². The summed E-state index contributed by atoms with van der Waals surface area (Å²) in [6, 6.07) is 24.8. The number of rotatable bonds is 7. The summed E-state index contributed by atoms with van der Waals surface area (Å²) in [4.78, 5) is 26.4. The van der Waals surface area contributed by atoms with E-state index < -0.39 is 0 Å². The predicted octanol–water partition coefficient (Wildman–Crippen LogP) is 4.43. The molecule has 0 fully saturated rings. The van der Waals surface area contributed by atoms with E-state index in [0.29, 0.717) is 30.3 Å². The number of imidazole rings is 1. The Balaban J connectivity index is 1.46. The summed E-state index contributed by atoms with van der Waals surface area (Å²) in [5.74, 6) is 0.545. The van der Waals surface area contributed by atoms with Gasteiger partial charge in [0.05, 0.1) is 6.54 Å². The molecule has 0 unspecified atom stereocenters. The quantitative estimate of drug-likeness (QED) is 0.373. The van der Waals surface area contributed by atoms with Gasteiger partial charge in [-0.05, 0) is 46.4 Å². The van der Waals surface area contributed by atoms with E-state index in [1.807, 2.05) is 54.6 Å². The molecule has 0 radical (unpaired) electrons. The average Bonchev–Trinajstić information content (AvgIpc) is 3.54. The van der Waals surface area contributed by atoms with Gasteiger partial charge in [0.1, 0.15) is 0 Å². The van der Waals surface area contributed by atoms with E-state index in [4.69, 9.17) is 0 Å². The normalized spacial score (nSPS) is 11.2. The van der Waals surface area contributed by atoms with Crippen molar-refractivity contribution in [1.29, 1.82) is 0 Å². The number of carbonyl (C=O) groups excluding carboxylic acids is 1. The Hall–Kier alpha value is -4.59. The van der Waals surface area contributed by atoms with Crippen molar-refractivity contribution in [3.8, 4) is 22.5 Å². The van der Waals surface area contributed by atoms with Gasteiger partial charge in [-0.3, -0.25) is 9.36 Å². The number of carbonyl (C=O) groups is 1. The molecule has 0 aliphatic heterocycles. The first-order valence-electron chi connectivity index (χ1n) is 11.8. The third kappa shape index (κ3) is 4.65. The van der Waals surface area contributed by atoms with Gasteiger partial charge in [-0.25, -0.2) is 9.36 Å². The van der Waals surface area contributed by atoms with Crippen molar-refractivity contribution in [2.24, 2.45) is 5.92 Å². The van der Waals surface area contributed by atoms with Crippen LogP contribution in [-0.4, -0.2) is 35.7 Å². The fourth-order valence-corrected chi connectivity index (χ4v) is 4.32. The average molecular weight is 479 g/mol. The lowest BCUT2D eigenvalue weighted by molar-refractivity contribution is 0.0955. The monoisotopic (exact) mass is 478 g/mol. The highest BCUT2D eigenvalue weighted by Gasteiger charge is 2.19. The summed E-state index contributed by atoms with van der Waals surface area (Å²) < 4.78 is 2.92. The van der Waals surface area contributed by atoms with Gasteiger partial charge in [0, 0.05) is 23.0 Å². The highest BCUT2D eigenvalue weighted by molar-refractivity contribution is 5.95. The lowest BCUT2D eigenvalue weighted by Gasteiger charge is -2.11. The molecule has 8 heteroatoms. The molecule has 0 bridgehead atoms. The summed E-state index contributed by atoms with van der Waals surface area (Å²) in [5, 5.41) is 14.4. The van der Waals surface area contributed by atoms with E-state index >= 15 is 0 Å². The molecule has 2 heterocycles. The smallest absolute Gasteiger partial charge is 0.292 e. The molecule has 8 nitrogen and oxygen atoms in total. The zero-order valence-corrected chi connectivity index (χ0v) is 20.1. The number of aromatic nitrogens is 6. The van der Waals surface area contributed by atoms with Crippen LogP contribution >= 0.6 is 0 Å². The lowest BCUT2D eigenvalue weighted by atomic mass is 9.98. The molecule has 2 aromatic heterocycles. The molecule has 0 aliphatic rings. The molecule has 0 aliphatic carbocycles. The number of hydrogen-bond donors (Lipinski definition) is 1. The third-order valence-corrected chi connectivity index (χ3v) is 6.04. The molecule has 5 rings (SSSR count). The minimum absolute atomic E-state index is 0.322. The Morgan fingerprint density at radius 1 is 0.917 bits per heavy atom.